The van der Waals surface area contributed by atoms with E-state index in [1.165, 1.54) is 174 Å². The van der Waals surface area contributed by atoms with Gasteiger partial charge in [-0.1, -0.05) is 142 Å². The van der Waals surface area contributed by atoms with Gasteiger partial charge in [0.05, 0.1) is 0 Å². The SMILES string of the molecule is CCCCCCCCCCCCCCN(CCCCCCCCCO)CCCCCCCCCO. The molecule has 0 saturated carbocycles. The van der Waals surface area contributed by atoms with Gasteiger partial charge in [-0.3, -0.25) is 0 Å². The number of hydrogen-bond donors (Lipinski definition) is 2. The lowest BCUT2D eigenvalue weighted by Crippen LogP contribution is -2.27. The summed E-state index contributed by atoms with van der Waals surface area (Å²) in [6.07, 6.45) is 35.0. The highest BCUT2D eigenvalue weighted by Crippen LogP contribution is 2.14. The summed E-state index contributed by atoms with van der Waals surface area (Å²) in [7, 11) is 0. The molecule has 0 bridgehead atoms. The second-order valence-electron chi connectivity index (χ2n) is 11.1. The van der Waals surface area contributed by atoms with Gasteiger partial charge in [-0.25, -0.2) is 0 Å². The standard InChI is InChI=1S/C32H67NO2/c1-2-3-4-5-6-7-8-9-10-13-18-23-28-33(29-24-19-14-11-16-21-26-31-34)30-25-20-15-12-17-22-27-32-35/h34-35H,2-32H2,1H3. The van der Waals surface area contributed by atoms with Crippen molar-refractivity contribution in [1.82, 2.24) is 4.90 Å². The zero-order chi connectivity index (χ0) is 25.5. The number of hydrogen-bond acceptors (Lipinski definition) is 3. The Balaban J connectivity index is 3.81. The van der Waals surface area contributed by atoms with Crippen molar-refractivity contribution in [3.8, 4) is 0 Å². The third-order valence-corrected chi connectivity index (χ3v) is 7.59. The van der Waals surface area contributed by atoms with Crippen LogP contribution in [0.2, 0.25) is 0 Å². The summed E-state index contributed by atoms with van der Waals surface area (Å²) in [5.74, 6) is 0. The van der Waals surface area contributed by atoms with Crippen molar-refractivity contribution < 1.29 is 10.2 Å². The van der Waals surface area contributed by atoms with Crippen LogP contribution in [0.1, 0.15) is 174 Å². The molecule has 0 aliphatic rings. The van der Waals surface area contributed by atoms with E-state index in [9.17, 15) is 0 Å². The van der Waals surface area contributed by atoms with E-state index < -0.39 is 0 Å². The van der Waals surface area contributed by atoms with Crippen molar-refractivity contribution in [1.29, 1.82) is 0 Å². The fourth-order valence-corrected chi connectivity index (χ4v) is 5.17. The molecule has 3 nitrogen and oxygen atoms in total. The van der Waals surface area contributed by atoms with Gasteiger partial charge in [0, 0.05) is 13.2 Å². The lowest BCUT2D eigenvalue weighted by Gasteiger charge is -2.22. The van der Waals surface area contributed by atoms with Crippen LogP contribution in [0.25, 0.3) is 0 Å². The Kier molecular flexibility index (Phi) is 31.8. The maximum absolute atomic E-state index is 8.89. The van der Waals surface area contributed by atoms with Gasteiger partial charge in [0.1, 0.15) is 0 Å². The van der Waals surface area contributed by atoms with E-state index in [-0.39, 0.29) is 0 Å². The minimum absolute atomic E-state index is 0.358. The van der Waals surface area contributed by atoms with Crippen LogP contribution in [0.3, 0.4) is 0 Å². The van der Waals surface area contributed by atoms with Crippen LogP contribution < -0.4 is 0 Å². The summed E-state index contributed by atoms with van der Waals surface area (Å²) in [4.78, 5) is 2.77. The molecular formula is C32H67NO2. The van der Waals surface area contributed by atoms with Gasteiger partial charge in [-0.05, 0) is 51.7 Å². The van der Waals surface area contributed by atoms with Crippen molar-refractivity contribution in [3.63, 3.8) is 0 Å². The largest absolute Gasteiger partial charge is 0.396 e. The fourth-order valence-electron chi connectivity index (χ4n) is 5.17. The molecule has 0 amide bonds. The highest BCUT2D eigenvalue weighted by Gasteiger charge is 2.05. The van der Waals surface area contributed by atoms with Crippen LogP contribution in [-0.4, -0.2) is 48.0 Å². The van der Waals surface area contributed by atoms with Crippen LogP contribution in [0, 0.1) is 0 Å². The Morgan fingerprint density at radius 2 is 0.543 bits per heavy atom. The molecule has 0 aromatic rings. The molecule has 0 aliphatic carbocycles. The zero-order valence-electron chi connectivity index (χ0n) is 24.3. The number of aliphatic hydroxyl groups excluding tert-OH is 2. The normalized spacial score (nSPS) is 11.7. The van der Waals surface area contributed by atoms with Gasteiger partial charge in [-0.15, -0.1) is 0 Å². The fraction of sp³-hybridized carbons (Fsp3) is 1.00. The van der Waals surface area contributed by atoms with E-state index >= 15 is 0 Å². The van der Waals surface area contributed by atoms with Crippen molar-refractivity contribution in [2.75, 3.05) is 32.8 Å². The first-order valence-electron chi connectivity index (χ1n) is 16.3. The summed E-state index contributed by atoms with van der Waals surface area (Å²) in [5.41, 5.74) is 0. The van der Waals surface area contributed by atoms with Gasteiger partial charge < -0.3 is 15.1 Å². The quantitative estimate of drug-likeness (QED) is 0.0937. The average molecular weight is 498 g/mol. The molecular weight excluding hydrogens is 430 g/mol. The molecule has 212 valence electrons. The predicted octanol–water partition coefficient (Wildman–Crippen LogP) is 9.44. The molecule has 0 rings (SSSR count). The van der Waals surface area contributed by atoms with Crippen LogP contribution in [0.5, 0.6) is 0 Å². The minimum Gasteiger partial charge on any atom is -0.396 e. The van der Waals surface area contributed by atoms with Crippen molar-refractivity contribution in [3.05, 3.63) is 0 Å². The summed E-state index contributed by atoms with van der Waals surface area (Å²) in [5, 5.41) is 17.8. The Labute approximate surface area is 221 Å². The smallest absolute Gasteiger partial charge is 0.0431 e. The monoisotopic (exact) mass is 498 g/mol. The Morgan fingerprint density at radius 1 is 0.314 bits per heavy atom. The number of rotatable bonds is 31. The van der Waals surface area contributed by atoms with Crippen LogP contribution >= 0.6 is 0 Å². The second kappa shape index (κ2) is 31.9. The van der Waals surface area contributed by atoms with E-state index in [2.05, 4.69) is 11.8 Å². The summed E-state index contributed by atoms with van der Waals surface area (Å²) < 4.78 is 0. The maximum Gasteiger partial charge on any atom is 0.0431 e. The summed E-state index contributed by atoms with van der Waals surface area (Å²) in [6, 6.07) is 0. The third-order valence-electron chi connectivity index (χ3n) is 7.59. The van der Waals surface area contributed by atoms with E-state index in [1.807, 2.05) is 0 Å². The number of unbranched alkanes of at least 4 members (excludes halogenated alkanes) is 23. The molecule has 2 N–H and O–H groups in total. The van der Waals surface area contributed by atoms with Crippen molar-refractivity contribution in [2.24, 2.45) is 0 Å². The van der Waals surface area contributed by atoms with Gasteiger partial charge in [0.25, 0.3) is 0 Å². The first-order valence-corrected chi connectivity index (χ1v) is 16.3. The van der Waals surface area contributed by atoms with Crippen LogP contribution in [0.4, 0.5) is 0 Å². The summed E-state index contributed by atoms with van der Waals surface area (Å²) in [6.45, 7) is 6.92. The van der Waals surface area contributed by atoms with Crippen LogP contribution in [-0.2, 0) is 0 Å². The molecule has 0 radical (unpaired) electrons. The molecule has 0 heterocycles. The van der Waals surface area contributed by atoms with E-state index in [1.54, 1.807) is 0 Å². The predicted molar refractivity (Wildman–Crippen MR) is 156 cm³/mol. The molecule has 0 aromatic carbocycles. The van der Waals surface area contributed by atoms with Gasteiger partial charge in [0.2, 0.25) is 0 Å². The Hall–Kier alpha value is -0.120. The van der Waals surface area contributed by atoms with Gasteiger partial charge >= 0.3 is 0 Å². The first-order chi connectivity index (χ1) is 17.3. The Bertz CT molecular complexity index is 343. The molecule has 0 spiro atoms. The first kappa shape index (κ1) is 34.9. The van der Waals surface area contributed by atoms with Crippen LogP contribution in [0.15, 0.2) is 0 Å². The molecule has 0 aliphatic heterocycles. The second-order valence-corrected chi connectivity index (χ2v) is 11.1. The average Bonchev–Trinajstić information content (AvgIpc) is 2.87. The molecule has 0 atom stereocenters. The highest BCUT2D eigenvalue weighted by atomic mass is 16.3. The third kappa shape index (κ3) is 30.0. The maximum atomic E-state index is 8.89. The summed E-state index contributed by atoms with van der Waals surface area (Å²) >= 11 is 0. The number of aliphatic hydroxyl groups is 2. The van der Waals surface area contributed by atoms with Crippen molar-refractivity contribution >= 4 is 0 Å². The molecule has 0 saturated heterocycles. The molecule has 0 unspecified atom stereocenters. The topological polar surface area (TPSA) is 43.7 Å². The molecule has 0 fully saturated rings. The molecule has 0 aromatic heterocycles. The van der Waals surface area contributed by atoms with Gasteiger partial charge in [-0.2, -0.15) is 0 Å². The van der Waals surface area contributed by atoms with E-state index in [0.717, 1.165) is 12.8 Å². The lowest BCUT2D eigenvalue weighted by molar-refractivity contribution is 0.253. The van der Waals surface area contributed by atoms with E-state index in [4.69, 9.17) is 10.2 Å². The zero-order valence-corrected chi connectivity index (χ0v) is 24.3. The lowest BCUT2D eigenvalue weighted by atomic mass is 10.0. The van der Waals surface area contributed by atoms with Crippen molar-refractivity contribution in [2.45, 2.75) is 174 Å². The minimum atomic E-state index is 0.358. The van der Waals surface area contributed by atoms with E-state index in [0.29, 0.717) is 13.2 Å². The number of nitrogens with zero attached hydrogens (tertiary/aromatic N) is 1. The van der Waals surface area contributed by atoms with Gasteiger partial charge in [0.15, 0.2) is 0 Å². The molecule has 3 heteroatoms. The highest BCUT2D eigenvalue weighted by molar-refractivity contribution is 4.61. The Morgan fingerprint density at radius 3 is 0.800 bits per heavy atom. The molecule has 35 heavy (non-hydrogen) atoms.